The predicted octanol–water partition coefficient (Wildman–Crippen LogP) is 2.34. The van der Waals surface area contributed by atoms with Crippen LogP contribution in [0.4, 0.5) is 0 Å². The molecule has 2 rings (SSSR count). The van der Waals surface area contributed by atoms with Crippen molar-refractivity contribution in [2.24, 2.45) is 0 Å². The van der Waals surface area contributed by atoms with E-state index in [0.29, 0.717) is 0 Å². The summed E-state index contributed by atoms with van der Waals surface area (Å²) in [6, 6.07) is 1.57. The number of hydrogen-bond donors (Lipinski definition) is 1. The lowest BCUT2D eigenvalue weighted by Gasteiger charge is -2.32. The molecule has 1 heterocycles. The molecule has 2 fully saturated rings. The van der Waals surface area contributed by atoms with Crippen LogP contribution in [-0.2, 0) is 0 Å². The highest BCUT2D eigenvalue weighted by Gasteiger charge is 2.26. The molecule has 0 aromatic rings. The minimum atomic E-state index is 0.776. The summed E-state index contributed by atoms with van der Waals surface area (Å²) >= 11 is 2.06. The Morgan fingerprint density at radius 3 is 2.69 bits per heavy atom. The van der Waals surface area contributed by atoms with Crippen molar-refractivity contribution in [2.75, 3.05) is 26.4 Å². The largest absolute Gasteiger partial charge is 0.311 e. The molecule has 94 valence electrons. The maximum atomic E-state index is 3.83. The van der Waals surface area contributed by atoms with E-state index in [1.54, 1.807) is 0 Å². The molecule has 3 unspecified atom stereocenters. The third kappa shape index (κ3) is 3.14. The lowest BCUT2D eigenvalue weighted by atomic mass is 9.94. The normalized spacial score (nSPS) is 36.8. The second kappa shape index (κ2) is 6.27. The van der Waals surface area contributed by atoms with Crippen LogP contribution in [0.2, 0.25) is 0 Å². The molecule has 1 aliphatic heterocycles. The van der Waals surface area contributed by atoms with E-state index in [9.17, 15) is 0 Å². The number of likely N-dealkylation sites (N-methyl/N-ethyl adjacent to an activating group) is 1. The van der Waals surface area contributed by atoms with Gasteiger partial charge in [0.05, 0.1) is 0 Å². The number of likely N-dealkylation sites (tertiary alicyclic amines) is 1. The summed E-state index contributed by atoms with van der Waals surface area (Å²) in [5.74, 6) is 0. The van der Waals surface area contributed by atoms with Crippen LogP contribution in [0.5, 0.6) is 0 Å². The zero-order valence-electron chi connectivity index (χ0n) is 10.7. The van der Waals surface area contributed by atoms with E-state index in [1.165, 1.54) is 51.6 Å². The van der Waals surface area contributed by atoms with Crippen LogP contribution in [0.1, 0.15) is 38.5 Å². The number of rotatable bonds is 4. The first kappa shape index (κ1) is 12.7. The first-order valence-electron chi connectivity index (χ1n) is 6.77. The lowest BCUT2D eigenvalue weighted by molar-refractivity contribution is 0.278. The van der Waals surface area contributed by atoms with E-state index in [1.807, 2.05) is 0 Å². The molecule has 3 heteroatoms. The Labute approximate surface area is 105 Å². The van der Waals surface area contributed by atoms with E-state index in [4.69, 9.17) is 0 Å². The van der Waals surface area contributed by atoms with Gasteiger partial charge in [-0.25, -0.2) is 0 Å². The minimum absolute atomic E-state index is 0.776. The Bertz CT molecular complexity index is 210. The van der Waals surface area contributed by atoms with Gasteiger partial charge in [-0.3, -0.25) is 0 Å². The van der Waals surface area contributed by atoms with Crippen molar-refractivity contribution in [3.63, 3.8) is 0 Å². The minimum Gasteiger partial charge on any atom is -0.311 e. The molecular formula is C13H26N2S. The van der Waals surface area contributed by atoms with Crippen molar-refractivity contribution in [2.45, 2.75) is 55.9 Å². The molecule has 16 heavy (non-hydrogen) atoms. The Morgan fingerprint density at radius 1 is 1.19 bits per heavy atom. The highest BCUT2D eigenvalue weighted by atomic mass is 32.2. The number of hydrogen-bond acceptors (Lipinski definition) is 3. The van der Waals surface area contributed by atoms with E-state index in [-0.39, 0.29) is 0 Å². The van der Waals surface area contributed by atoms with Gasteiger partial charge in [-0.15, -0.1) is 0 Å². The molecule has 1 saturated heterocycles. The standard InChI is InChI=1S/C13H26N2S/c1-15-9-5-6-11(15)10-14-12-7-3-4-8-13(12)16-2/h11-14H,3-10H2,1-2H3. The number of nitrogens with zero attached hydrogens (tertiary/aromatic N) is 1. The first-order chi connectivity index (χ1) is 7.81. The second-order valence-electron chi connectivity index (χ2n) is 5.35. The van der Waals surface area contributed by atoms with Crippen LogP contribution < -0.4 is 5.32 Å². The molecule has 1 N–H and O–H groups in total. The highest BCUT2D eigenvalue weighted by molar-refractivity contribution is 7.99. The summed E-state index contributed by atoms with van der Waals surface area (Å²) in [5.41, 5.74) is 0. The van der Waals surface area contributed by atoms with E-state index in [2.05, 4.69) is 35.3 Å². The summed E-state index contributed by atoms with van der Waals surface area (Å²) in [4.78, 5) is 2.52. The van der Waals surface area contributed by atoms with Crippen molar-refractivity contribution in [1.82, 2.24) is 10.2 Å². The van der Waals surface area contributed by atoms with Gasteiger partial charge in [-0.05, 0) is 45.5 Å². The molecule has 2 nitrogen and oxygen atoms in total. The van der Waals surface area contributed by atoms with E-state index < -0.39 is 0 Å². The summed E-state index contributed by atoms with van der Waals surface area (Å²) in [6.07, 6.45) is 10.7. The maximum Gasteiger partial charge on any atom is 0.0218 e. The maximum absolute atomic E-state index is 3.83. The zero-order chi connectivity index (χ0) is 11.4. The van der Waals surface area contributed by atoms with Gasteiger partial charge in [0.25, 0.3) is 0 Å². The lowest BCUT2D eigenvalue weighted by Crippen LogP contribution is -2.45. The quantitative estimate of drug-likeness (QED) is 0.814. The summed E-state index contributed by atoms with van der Waals surface area (Å²) in [6.45, 7) is 2.50. The fraction of sp³-hybridized carbons (Fsp3) is 1.00. The van der Waals surface area contributed by atoms with Crippen molar-refractivity contribution >= 4 is 11.8 Å². The van der Waals surface area contributed by atoms with Crippen LogP contribution in [0.15, 0.2) is 0 Å². The van der Waals surface area contributed by atoms with Gasteiger partial charge in [0.1, 0.15) is 0 Å². The van der Waals surface area contributed by atoms with Crippen LogP contribution in [0, 0.1) is 0 Å². The molecule has 2 aliphatic rings. The molecule has 0 aromatic carbocycles. The van der Waals surface area contributed by atoms with Crippen LogP contribution in [0.3, 0.4) is 0 Å². The topological polar surface area (TPSA) is 15.3 Å². The summed E-state index contributed by atoms with van der Waals surface area (Å²) < 4.78 is 0. The van der Waals surface area contributed by atoms with Crippen LogP contribution in [-0.4, -0.2) is 48.6 Å². The van der Waals surface area contributed by atoms with Gasteiger partial charge in [-0.2, -0.15) is 11.8 Å². The van der Waals surface area contributed by atoms with Crippen molar-refractivity contribution in [1.29, 1.82) is 0 Å². The Morgan fingerprint density at radius 2 is 2.00 bits per heavy atom. The Kier molecular flexibility index (Phi) is 4.98. The molecular weight excluding hydrogens is 216 g/mol. The first-order valence-corrected chi connectivity index (χ1v) is 8.06. The van der Waals surface area contributed by atoms with Gasteiger partial charge in [0, 0.05) is 23.9 Å². The summed E-state index contributed by atoms with van der Waals surface area (Å²) in [5, 5.41) is 4.69. The smallest absolute Gasteiger partial charge is 0.0218 e. The SMILES string of the molecule is CSC1CCCCC1NCC1CCCN1C. The Balaban J connectivity index is 1.75. The van der Waals surface area contributed by atoms with Crippen molar-refractivity contribution < 1.29 is 0 Å². The van der Waals surface area contributed by atoms with Gasteiger partial charge in [-0.1, -0.05) is 12.8 Å². The molecule has 0 radical (unpaired) electrons. The average Bonchev–Trinajstić information content (AvgIpc) is 2.72. The van der Waals surface area contributed by atoms with Gasteiger partial charge in [0.15, 0.2) is 0 Å². The van der Waals surface area contributed by atoms with Gasteiger partial charge >= 0.3 is 0 Å². The molecule has 3 atom stereocenters. The monoisotopic (exact) mass is 242 g/mol. The highest BCUT2D eigenvalue weighted by Crippen LogP contribution is 2.27. The van der Waals surface area contributed by atoms with E-state index >= 15 is 0 Å². The molecule has 1 saturated carbocycles. The second-order valence-corrected chi connectivity index (χ2v) is 6.43. The fourth-order valence-electron chi connectivity index (χ4n) is 3.14. The third-order valence-corrected chi connectivity index (χ3v) is 5.46. The number of thioether (sulfide) groups is 1. The van der Waals surface area contributed by atoms with Crippen molar-refractivity contribution in [3.05, 3.63) is 0 Å². The summed E-state index contributed by atoms with van der Waals surface area (Å²) in [7, 11) is 2.27. The van der Waals surface area contributed by atoms with Crippen LogP contribution >= 0.6 is 11.8 Å². The molecule has 1 aliphatic carbocycles. The zero-order valence-corrected chi connectivity index (χ0v) is 11.6. The molecule has 0 amide bonds. The van der Waals surface area contributed by atoms with Gasteiger partial charge in [0.2, 0.25) is 0 Å². The average molecular weight is 242 g/mol. The van der Waals surface area contributed by atoms with E-state index in [0.717, 1.165) is 17.3 Å². The van der Waals surface area contributed by atoms with Crippen LogP contribution in [0.25, 0.3) is 0 Å². The fourth-order valence-corrected chi connectivity index (χ4v) is 4.10. The number of nitrogens with one attached hydrogen (secondary N) is 1. The molecule has 0 spiro atoms. The van der Waals surface area contributed by atoms with Crippen molar-refractivity contribution in [3.8, 4) is 0 Å². The molecule has 0 bridgehead atoms. The Hall–Kier alpha value is 0.270. The predicted molar refractivity (Wildman–Crippen MR) is 73.2 cm³/mol. The third-order valence-electron chi connectivity index (χ3n) is 4.29. The van der Waals surface area contributed by atoms with Gasteiger partial charge < -0.3 is 10.2 Å². The molecule has 0 aromatic heterocycles.